The summed E-state index contributed by atoms with van der Waals surface area (Å²) < 4.78 is 75.3. The Bertz CT molecular complexity index is 907. The number of rotatable bonds is 8. The van der Waals surface area contributed by atoms with Gasteiger partial charge >= 0.3 is 21.6 Å². The van der Waals surface area contributed by atoms with Gasteiger partial charge in [-0.05, 0) is 39.2 Å². The summed E-state index contributed by atoms with van der Waals surface area (Å²) in [5.74, 6) is -0.674. The van der Waals surface area contributed by atoms with Crippen molar-refractivity contribution in [2.45, 2.75) is 45.5 Å². The number of ether oxygens (including phenoxy) is 2. The molecule has 6 nitrogen and oxygen atoms in total. The van der Waals surface area contributed by atoms with E-state index in [2.05, 4.69) is 8.92 Å². The molecule has 0 bridgehead atoms. The van der Waals surface area contributed by atoms with Gasteiger partial charge in [0.25, 0.3) is 0 Å². The lowest BCUT2D eigenvalue weighted by molar-refractivity contribution is -0.140. The Morgan fingerprint density at radius 1 is 1.10 bits per heavy atom. The van der Waals surface area contributed by atoms with Crippen molar-refractivity contribution in [1.82, 2.24) is 0 Å². The zero-order chi connectivity index (χ0) is 22.6. The summed E-state index contributed by atoms with van der Waals surface area (Å²) in [7, 11) is -3.25. The molecule has 0 saturated carbocycles. The first kappa shape index (κ1) is 25.1. The Kier molecular flexibility index (Phi) is 8.40. The Hall–Kier alpha value is -1.94. The van der Waals surface area contributed by atoms with Gasteiger partial charge in [-0.1, -0.05) is 23.3 Å². The van der Waals surface area contributed by atoms with E-state index in [1.165, 1.54) is 21.1 Å². The minimum Gasteiger partial charge on any atom is -0.496 e. The lowest BCUT2D eigenvalue weighted by Crippen LogP contribution is -2.28. The van der Waals surface area contributed by atoms with Crippen LogP contribution in [0.4, 0.5) is 13.2 Å². The van der Waals surface area contributed by atoms with Crippen molar-refractivity contribution in [1.29, 1.82) is 0 Å². The zero-order valence-corrected chi connectivity index (χ0v) is 18.1. The van der Waals surface area contributed by atoms with Gasteiger partial charge in [-0.25, -0.2) is 0 Å². The summed E-state index contributed by atoms with van der Waals surface area (Å²) in [6.45, 7) is 4.69. The van der Waals surface area contributed by atoms with Gasteiger partial charge in [0, 0.05) is 17.5 Å². The molecule has 0 aliphatic heterocycles. The third-order valence-corrected chi connectivity index (χ3v) is 5.62. The highest BCUT2D eigenvalue weighted by molar-refractivity contribution is 7.88. The summed E-state index contributed by atoms with van der Waals surface area (Å²) >= 11 is 6.22. The standard InChI is InChI=1S/C18H22ClF3O6S/c1-10(7-9-14(23)26-4)6-8-13-15(19)17(12(3)11(2)16(13)27-5)28-29(24,25)18(20,21)22/h6H,7-9H2,1-5H3/b10-6+. The molecule has 1 aromatic carbocycles. The summed E-state index contributed by atoms with van der Waals surface area (Å²) in [5.41, 5.74) is -4.03. The molecule has 0 aliphatic rings. The van der Waals surface area contributed by atoms with E-state index in [0.717, 1.165) is 5.57 Å². The molecule has 164 valence electrons. The molecule has 0 aromatic heterocycles. The van der Waals surface area contributed by atoms with E-state index >= 15 is 0 Å². The molecule has 0 saturated heterocycles. The number of carbonyl (C=O) groups is 1. The second-order valence-electron chi connectivity index (χ2n) is 6.22. The lowest BCUT2D eigenvalue weighted by Gasteiger charge is -2.20. The van der Waals surface area contributed by atoms with Crippen LogP contribution in [0.1, 0.15) is 36.5 Å². The highest BCUT2D eigenvalue weighted by atomic mass is 35.5. The topological polar surface area (TPSA) is 78.9 Å². The van der Waals surface area contributed by atoms with Gasteiger partial charge in [0.15, 0.2) is 5.75 Å². The molecule has 0 heterocycles. The number of alkyl halides is 3. The Balaban J connectivity index is 3.37. The predicted octanol–water partition coefficient (Wildman–Crippen LogP) is 4.64. The molecule has 1 rings (SSSR count). The number of esters is 1. The predicted molar refractivity (Wildman–Crippen MR) is 102 cm³/mol. The largest absolute Gasteiger partial charge is 0.534 e. The fourth-order valence-corrected chi connectivity index (χ4v) is 3.37. The number of carbonyl (C=O) groups excluding carboxylic acids is 1. The third-order valence-electron chi connectivity index (χ3n) is 4.27. The Labute approximate surface area is 172 Å². The smallest absolute Gasteiger partial charge is 0.496 e. The SMILES string of the molecule is COC(=O)CC/C(C)=C/Cc1c(Cl)c(OS(=O)(=O)C(F)(F)F)c(C)c(C)c1OC. The third kappa shape index (κ3) is 6.02. The van der Waals surface area contributed by atoms with E-state index in [4.69, 9.17) is 16.3 Å². The summed E-state index contributed by atoms with van der Waals surface area (Å²) in [6, 6.07) is 0. The van der Waals surface area contributed by atoms with Crippen molar-refractivity contribution in [2.24, 2.45) is 0 Å². The number of methoxy groups -OCH3 is 2. The highest BCUT2D eigenvalue weighted by Crippen LogP contribution is 2.43. The van der Waals surface area contributed by atoms with Crippen LogP contribution in [0.25, 0.3) is 0 Å². The number of allylic oxidation sites excluding steroid dienone is 2. The summed E-state index contributed by atoms with van der Waals surface area (Å²) in [5, 5.41) is -0.296. The maximum absolute atomic E-state index is 12.7. The molecule has 0 radical (unpaired) electrons. The Morgan fingerprint density at radius 3 is 2.14 bits per heavy atom. The van der Waals surface area contributed by atoms with Crippen LogP contribution in [0, 0.1) is 13.8 Å². The molecular weight excluding hydrogens is 437 g/mol. The van der Waals surface area contributed by atoms with E-state index in [0.29, 0.717) is 17.7 Å². The van der Waals surface area contributed by atoms with Gasteiger partial charge in [-0.3, -0.25) is 4.79 Å². The van der Waals surface area contributed by atoms with Crippen LogP contribution >= 0.6 is 11.6 Å². The molecule has 0 spiro atoms. The monoisotopic (exact) mass is 458 g/mol. The van der Waals surface area contributed by atoms with Gasteiger partial charge in [0.05, 0.1) is 19.2 Å². The zero-order valence-electron chi connectivity index (χ0n) is 16.6. The molecule has 0 atom stereocenters. The van der Waals surface area contributed by atoms with Gasteiger partial charge in [-0.2, -0.15) is 21.6 Å². The first-order valence-corrected chi connectivity index (χ1v) is 10.1. The average Bonchev–Trinajstić information content (AvgIpc) is 2.63. The minimum atomic E-state index is -5.89. The van der Waals surface area contributed by atoms with E-state index in [1.54, 1.807) is 19.9 Å². The normalized spacial score (nSPS) is 12.7. The molecule has 1 aromatic rings. The highest BCUT2D eigenvalue weighted by Gasteiger charge is 2.49. The van der Waals surface area contributed by atoms with Crippen molar-refractivity contribution >= 4 is 27.7 Å². The van der Waals surface area contributed by atoms with E-state index in [9.17, 15) is 26.4 Å². The van der Waals surface area contributed by atoms with Crippen molar-refractivity contribution in [3.05, 3.63) is 33.4 Å². The molecule has 0 unspecified atom stereocenters. The van der Waals surface area contributed by atoms with Crippen LogP contribution in [0.2, 0.25) is 5.02 Å². The van der Waals surface area contributed by atoms with E-state index in [1.807, 2.05) is 0 Å². The van der Waals surface area contributed by atoms with E-state index < -0.39 is 21.4 Å². The lowest BCUT2D eigenvalue weighted by atomic mass is 9.99. The number of hydrogen-bond acceptors (Lipinski definition) is 6. The minimum absolute atomic E-state index is 0.106. The van der Waals surface area contributed by atoms with Gasteiger partial charge in [-0.15, -0.1) is 0 Å². The number of benzene rings is 1. The molecule has 29 heavy (non-hydrogen) atoms. The summed E-state index contributed by atoms with van der Waals surface area (Å²) in [6.07, 6.45) is 2.40. The first-order valence-electron chi connectivity index (χ1n) is 8.35. The maximum Gasteiger partial charge on any atom is 0.534 e. The molecule has 0 aliphatic carbocycles. The second-order valence-corrected chi connectivity index (χ2v) is 8.13. The molecular formula is C18H22ClF3O6S. The van der Waals surface area contributed by atoms with Crippen LogP contribution in [-0.2, 0) is 26.1 Å². The van der Waals surface area contributed by atoms with Crippen molar-refractivity contribution in [3.63, 3.8) is 0 Å². The molecule has 0 amide bonds. The number of hydrogen-bond donors (Lipinski definition) is 0. The number of halogens is 4. The second kappa shape index (κ2) is 9.71. The van der Waals surface area contributed by atoms with E-state index in [-0.39, 0.29) is 35.0 Å². The van der Waals surface area contributed by atoms with Crippen LogP contribution in [0.15, 0.2) is 11.6 Å². The fourth-order valence-electron chi connectivity index (χ4n) is 2.46. The first-order chi connectivity index (χ1) is 13.3. The summed E-state index contributed by atoms with van der Waals surface area (Å²) in [4.78, 5) is 11.2. The molecule has 0 N–H and O–H groups in total. The van der Waals surface area contributed by atoms with Gasteiger partial charge in [0.1, 0.15) is 5.75 Å². The Morgan fingerprint density at radius 2 is 1.66 bits per heavy atom. The quantitative estimate of drug-likeness (QED) is 0.244. The van der Waals surface area contributed by atoms with Gasteiger partial charge < -0.3 is 13.7 Å². The molecule has 0 fully saturated rings. The van der Waals surface area contributed by atoms with Crippen molar-refractivity contribution < 1.29 is 40.0 Å². The fraction of sp³-hybridized carbons (Fsp3) is 0.500. The molecule has 11 heteroatoms. The average molecular weight is 459 g/mol. The van der Waals surface area contributed by atoms with Gasteiger partial charge in [0.2, 0.25) is 0 Å². The maximum atomic E-state index is 12.7. The van der Waals surface area contributed by atoms with Crippen LogP contribution < -0.4 is 8.92 Å². The van der Waals surface area contributed by atoms with Crippen LogP contribution in [0.5, 0.6) is 11.5 Å². The van der Waals surface area contributed by atoms with Crippen LogP contribution in [0.3, 0.4) is 0 Å². The van der Waals surface area contributed by atoms with Crippen molar-refractivity contribution in [2.75, 3.05) is 14.2 Å². The van der Waals surface area contributed by atoms with Crippen molar-refractivity contribution in [3.8, 4) is 11.5 Å². The van der Waals surface area contributed by atoms with Crippen LogP contribution in [-0.4, -0.2) is 34.1 Å².